The zero-order chi connectivity index (χ0) is 13.3. The molecular weight excluding hydrogens is 248 g/mol. The molecule has 2 rings (SSSR count). The fraction of sp³-hybridized carbons (Fsp3) is 0.200. The smallest absolute Gasteiger partial charge is 0.145 e. The van der Waals surface area contributed by atoms with E-state index in [0.717, 1.165) is 27.6 Å². The van der Waals surface area contributed by atoms with Crippen LogP contribution in [0.4, 0.5) is 0 Å². The van der Waals surface area contributed by atoms with Crippen LogP contribution in [0.25, 0.3) is 16.8 Å². The molecule has 0 spiro atoms. The Balaban J connectivity index is 2.95. The second-order valence-electron chi connectivity index (χ2n) is 4.01. The fourth-order valence-corrected chi connectivity index (χ4v) is 2.39. The van der Waals surface area contributed by atoms with Gasteiger partial charge < -0.3 is 9.47 Å². The molecule has 3 heteroatoms. The Hall–Kier alpha value is -1.67. The molecule has 0 aromatic heterocycles. The first-order valence-corrected chi connectivity index (χ1v) is 5.98. The van der Waals surface area contributed by atoms with Crippen LogP contribution in [0, 0.1) is 6.92 Å². The van der Waals surface area contributed by atoms with Crippen LogP contribution in [0.5, 0.6) is 11.5 Å². The molecule has 94 valence electrons. The molecule has 0 bridgehead atoms. The first-order chi connectivity index (χ1) is 8.63. The van der Waals surface area contributed by atoms with E-state index in [2.05, 4.69) is 6.58 Å². The quantitative estimate of drug-likeness (QED) is 0.813. The highest BCUT2D eigenvalue weighted by molar-refractivity contribution is 6.34. The van der Waals surface area contributed by atoms with Crippen molar-refractivity contribution in [2.24, 2.45) is 0 Å². The number of benzene rings is 2. The van der Waals surface area contributed by atoms with Crippen molar-refractivity contribution in [1.82, 2.24) is 0 Å². The van der Waals surface area contributed by atoms with Crippen LogP contribution in [0.2, 0.25) is 5.02 Å². The monoisotopic (exact) mass is 262 g/mol. The van der Waals surface area contributed by atoms with E-state index >= 15 is 0 Å². The minimum absolute atomic E-state index is 0.586. The number of hydrogen-bond acceptors (Lipinski definition) is 2. The van der Waals surface area contributed by atoms with Crippen molar-refractivity contribution in [3.05, 3.63) is 40.9 Å². The van der Waals surface area contributed by atoms with Crippen molar-refractivity contribution in [3.8, 4) is 11.5 Å². The van der Waals surface area contributed by atoms with Crippen LogP contribution in [-0.4, -0.2) is 14.2 Å². The fourth-order valence-electron chi connectivity index (χ4n) is 2.13. The van der Waals surface area contributed by atoms with E-state index in [1.807, 2.05) is 25.1 Å². The maximum absolute atomic E-state index is 6.32. The maximum Gasteiger partial charge on any atom is 0.145 e. The van der Waals surface area contributed by atoms with E-state index in [0.29, 0.717) is 10.8 Å². The van der Waals surface area contributed by atoms with E-state index in [1.54, 1.807) is 20.3 Å². The predicted octanol–water partition coefficient (Wildman–Crippen LogP) is 4.46. The molecule has 0 aliphatic heterocycles. The number of fused-ring (bicyclic) bond motifs is 1. The van der Waals surface area contributed by atoms with Crippen LogP contribution < -0.4 is 9.47 Å². The Kier molecular flexibility index (Phi) is 3.48. The lowest BCUT2D eigenvalue weighted by Gasteiger charge is -2.15. The van der Waals surface area contributed by atoms with E-state index < -0.39 is 0 Å². The van der Waals surface area contributed by atoms with Crippen molar-refractivity contribution in [2.75, 3.05) is 14.2 Å². The summed E-state index contributed by atoms with van der Waals surface area (Å²) >= 11 is 6.32. The number of hydrogen-bond donors (Lipinski definition) is 0. The summed E-state index contributed by atoms with van der Waals surface area (Å²) in [6.07, 6.45) is 1.79. The number of methoxy groups -OCH3 is 2. The average molecular weight is 263 g/mol. The van der Waals surface area contributed by atoms with Gasteiger partial charge in [0.2, 0.25) is 0 Å². The molecule has 2 nitrogen and oxygen atoms in total. The summed E-state index contributed by atoms with van der Waals surface area (Å²) in [6.45, 7) is 5.69. The molecule has 0 unspecified atom stereocenters. The average Bonchev–Trinajstić information content (AvgIpc) is 2.40. The van der Waals surface area contributed by atoms with E-state index in [4.69, 9.17) is 21.1 Å². The predicted molar refractivity (Wildman–Crippen MR) is 76.9 cm³/mol. The van der Waals surface area contributed by atoms with Crippen molar-refractivity contribution in [2.45, 2.75) is 6.92 Å². The Labute approximate surface area is 112 Å². The van der Waals surface area contributed by atoms with Gasteiger partial charge in [-0.1, -0.05) is 30.3 Å². The molecular formula is C15H15ClO2. The third kappa shape index (κ3) is 1.83. The van der Waals surface area contributed by atoms with Gasteiger partial charge in [0.25, 0.3) is 0 Å². The molecule has 2 aromatic carbocycles. The van der Waals surface area contributed by atoms with Gasteiger partial charge in [-0.3, -0.25) is 0 Å². The topological polar surface area (TPSA) is 18.5 Å². The van der Waals surface area contributed by atoms with Gasteiger partial charge in [-0.2, -0.15) is 0 Å². The minimum Gasteiger partial charge on any atom is -0.496 e. The Morgan fingerprint density at radius 1 is 1.11 bits per heavy atom. The molecule has 0 heterocycles. The lowest BCUT2D eigenvalue weighted by Crippen LogP contribution is -1.95. The largest absolute Gasteiger partial charge is 0.496 e. The highest BCUT2D eigenvalue weighted by Crippen LogP contribution is 2.43. The molecule has 0 aliphatic carbocycles. The Morgan fingerprint density at radius 2 is 1.78 bits per heavy atom. The molecule has 0 amide bonds. The summed E-state index contributed by atoms with van der Waals surface area (Å²) in [5.41, 5.74) is 1.90. The minimum atomic E-state index is 0.586. The first-order valence-electron chi connectivity index (χ1n) is 5.60. The maximum atomic E-state index is 6.32. The third-order valence-electron chi connectivity index (χ3n) is 3.05. The molecule has 0 saturated heterocycles. The van der Waals surface area contributed by atoms with Crippen molar-refractivity contribution in [1.29, 1.82) is 0 Å². The van der Waals surface area contributed by atoms with Gasteiger partial charge in [0, 0.05) is 16.3 Å². The molecule has 0 saturated carbocycles. The van der Waals surface area contributed by atoms with Gasteiger partial charge in [0.1, 0.15) is 11.5 Å². The highest BCUT2D eigenvalue weighted by atomic mass is 35.5. The molecule has 0 fully saturated rings. The first kappa shape index (κ1) is 12.8. The van der Waals surface area contributed by atoms with Crippen LogP contribution in [0.3, 0.4) is 0 Å². The Bertz CT molecular complexity index is 618. The second kappa shape index (κ2) is 4.91. The normalized spacial score (nSPS) is 10.4. The van der Waals surface area contributed by atoms with E-state index in [1.165, 1.54) is 0 Å². The number of halogens is 1. The van der Waals surface area contributed by atoms with Crippen molar-refractivity contribution in [3.63, 3.8) is 0 Å². The summed E-state index contributed by atoms with van der Waals surface area (Å²) in [6, 6.07) is 5.98. The van der Waals surface area contributed by atoms with Crippen molar-refractivity contribution < 1.29 is 9.47 Å². The molecule has 0 aliphatic rings. The van der Waals surface area contributed by atoms with Crippen LogP contribution in [0.15, 0.2) is 24.8 Å². The third-order valence-corrected chi connectivity index (χ3v) is 3.50. The standard InChI is InChI=1S/C15H15ClO2/c1-5-10-6-7-11-12(8-10)15(18-4)13(16)9(2)14(11)17-3/h5-8H,1H2,2-4H3. The van der Waals surface area contributed by atoms with Gasteiger partial charge >= 0.3 is 0 Å². The highest BCUT2D eigenvalue weighted by Gasteiger charge is 2.16. The summed E-state index contributed by atoms with van der Waals surface area (Å²) < 4.78 is 10.9. The summed E-state index contributed by atoms with van der Waals surface area (Å²) in [7, 11) is 3.26. The number of ether oxygens (including phenoxy) is 2. The van der Waals surface area contributed by atoms with Crippen LogP contribution in [0.1, 0.15) is 11.1 Å². The zero-order valence-corrected chi connectivity index (χ0v) is 11.5. The van der Waals surface area contributed by atoms with Gasteiger partial charge in [-0.15, -0.1) is 0 Å². The Morgan fingerprint density at radius 3 is 2.33 bits per heavy atom. The lowest BCUT2D eigenvalue weighted by atomic mass is 10.0. The summed E-state index contributed by atoms with van der Waals surface area (Å²) in [5, 5.41) is 2.51. The van der Waals surface area contributed by atoms with Crippen LogP contribution in [-0.2, 0) is 0 Å². The summed E-state index contributed by atoms with van der Waals surface area (Å²) in [4.78, 5) is 0. The van der Waals surface area contributed by atoms with Gasteiger partial charge in [0.05, 0.1) is 19.2 Å². The van der Waals surface area contributed by atoms with Crippen molar-refractivity contribution >= 4 is 28.4 Å². The van der Waals surface area contributed by atoms with E-state index in [9.17, 15) is 0 Å². The molecule has 18 heavy (non-hydrogen) atoms. The number of rotatable bonds is 3. The molecule has 0 N–H and O–H groups in total. The summed E-state index contributed by atoms with van der Waals surface area (Å²) in [5.74, 6) is 1.46. The van der Waals surface area contributed by atoms with E-state index in [-0.39, 0.29) is 0 Å². The molecule has 0 radical (unpaired) electrons. The SMILES string of the molecule is C=Cc1ccc2c(OC)c(C)c(Cl)c(OC)c2c1. The van der Waals surface area contributed by atoms with Gasteiger partial charge in [-0.05, 0) is 24.6 Å². The molecule has 2 aromatic rings. The van der Waals surface area contributed by atoms with Crippen LogP contribution >= 0.6 is 11.6 Å². The second-order valence-corrected chi connectivity index (χ2v) is 4.39. The zero-order valence-electron chi connectivity index (χ0n) is 10.7. The van der Waals surface area contributed by atoms with Gasteiger partial charge in [-0.25, -0.2) is 0 Å². The lowest BCUT2D eigenvalue weighted by molar-refractivity contribution is 0.408. The molecule has 0 atom stereocenters. The van der Waals surface area contributed by atoms with Gasteiger partial charge in [0.15, 0.2) is 0 Å².